The highest BCUT2D eigenvalue weighted by Crippen LogP contribution is 2.16. The van der Waals surface area contributed by atoms with E-state index in [4.69, 9.17) is 10.4 Å². The van der Waals surface area contributed by atoms with Gasteiger partial charge in [-0.25, -0.2) is 4.79 Å². The van der Waals surface area contributed by atoms with Crippen molar-refractivity contribution in [3.8, 4) is 11.8 Å². The van der Waals surface area contributed by atoms with Crippen molar-refractivity contribution in [1.29, 1.82) is 5.26 Å². The van der Waals surface area contributed by atoms with E-state index >= 15 is 0 Å². The predicted molar refractivity (Wildman–Crippen MR) is 87.5 cm³/mol. The molecule has 120 valence electrons. The number of carbonyl (C=O) groups excluding carboxylic acids is 1. The molecule has 0 radical (unpaired) electrons. The Bertz CT molecular complexity index is 853. The zero-order valence-electron chi connectivity index (χ0n) is 12.4. The predicted octanol–water partition coefficient (Wildman–Crippen LogP) is 2.55. The Hall–Kier alpha value is -3.79. The third kappa shape index (κ3) is 4.35. The Morgan fingerprint density at radius 2 is 1.79 bits per heavy atom. The number of benzene rings is 2. The lowest BCUT2D eigenvalue weighted by Gasteiger charge is -2.06. The quantitative estimate of drug-likeness (QED) is 0.495. The summed E-state index contributed by atoms with van der Waals surface area (Å²) < 4.78 is 0. The minimum atomic E-state index is -1.08. The van der Waals surface area contributed by atoms with Gasteiger partial charge in [0.15, 0.2) is 0 Å². The Labute approximate surface area is 137 Å². The molecule has 0 fully saturated rings. The maximum absolute atomic E-state index is 12.0. The number of nitrogens with one attached hydrogen (secondary N) is 2. The van der Waals surface area contributed by atoms with E-state index in [1.807, 2.05) is 0 Å². The summed E-state index contributed by atoms with van der Waals surface area (Å²) in [6.45, 7) is 0. The van der Waals surface area contributed by atoms with E-state index in [9.17, 15) is 14.7 Å². The number of aromatic carboxylic acids is 1. The van der Waals surface area contributed by atoms with Crippen LogP contribution in [0.4, 0.5) is 11.4 Å². The molecule has 2 aromatic carbocycles. The Morgan fingerprint density at radius 1 is 1.08 bits per heavy atom. The third-order valence-electron chi connectivity index (χ3n) is 2.96. The number of hydrogen-bond donors (Lipinski definition) is 4. The van der Waals surface area contributed by atoms with E-state index in [1.54, 1.807) is 30.3 Å². The minimum Gasteiger partial charge on any atom is -0.508 e. The van der Waals surface area contributed by atoms with E-state index in [2.05, 4.69) is 10.6 Å². The van der Waals surface area contributed by atoms with Crippen LogP contribution in [-0.4, -0.2) is 22.1 Å². The average molecular weight is 323 g/mol. The van der Waals surface area contributed by atoms with Gasteiger partial charge in [0.05, 0.1) is 5.56 Å². The number of hydrogen-bond acceptors (Lipinski definition) is 5. The van der Waals surface area contributed by atoms with Gasteiger partial charge in [0.2, 0.25) is 0 Å². The highest BCUT2D eigenvalue weighted by Gasteiger charge is 2.10. The molecule has 24 heavy (non-hydrogen) atoms. The van der Waals surface area contributed by atoms with Gasteiger partial charge in [0, 0.05) is 23.6 Å². The highest BCUT2D eigenvalue weighted by molar-refractivity contribution is 6.06. The lowest BCUT2D eigenvalue weighted by atomic mass is 10.2. The van der Waals surface area contributed by atoms with Crippen LogP contribution in [0.2, 0.25) is 0 Å². The van der Waals surface area contributed by atoms with E-state index < -0.39 is 11.9 Å². The molecule has 7 nitrogen and oxygen atoms in total. The lowest BCUT2D eigenvalue weighted by Crippen LogP contribution is -2.14. The molecular formula is C17H13N3O4. The second-order valence-corrected chi connectivity index (χ2v) is 4.70. The number of carbonyl (C=O) groups is 2. The van der Waals surface area contributed by atoms with Crippen LogP contribution in [0.15, 0.2) is 60.3 Å². The number of anilines is 2. The molecule has 0 aromatic heterocycles. The zero-order chi connectivity index (χ0) is 17.5. The topological polar surface area (TPSA) is 122 Å². The summed E-state index contributed by atoms with van der Waals surface area (Å²) in [5.41, 5.74) is 0.636. The molecule has 7 heteroatoms. The number of rotatable bonds is 5. The van der Waals surface area contributed by atoms with Gasteiger partial charge in [-0.15, -0.1) is 0 Å². The second-order valence-electron chi connectivity index (χ2n) is 4.70. The van der Waals surface area contributed by atoms with Gasteiger partial charge in [-0.1, -0.05) is 12.1 Å². The zero-order valence-corrected chi connectivity index (χ0v) is 12.4. The molecule has 0 heterocycles. The Kier molecular flexibility index (Phi) is 5.16. The van der Waals surface area contributed by atoms with Crippen LogP contribution in [0.25, 0.3) is 0 Å². The number of carboxylic acids is 1. The van der Waals surface area contributed by atoms with E-state index in [0.717, 1.165) is 0 Å². The first kappa shape index (κ1) is 16.6. The Morgan fingerprint density at radius 3 is 2.46 bits per heavy atom. The summed E-state index contributed by atoms with van der Waals surface area (Å²) in [5.74, 6) is -1.76. The summed E-state index contributed by atoms with van der Waals surface area (Å²) in [6.07, 6.45) is 1.18. The maximum Gasteiger partial charge on any atom is 0.335 e. The molecule has 1 amide bonds. The van der Waals surface area contributed by atoms with Gasteiger partial charge < -0.3 is 20.8 Å². The fraction of sp³-hybridized carbons (Fsp3) is 0. The van der Waals surface area contributed by atoms with Gasteiger partial charge >= 0.3 is 5.97 Å². The normalized spacial score (nSPS) is 10.5. The first-order valence-corrected chi connectivity index (χ1v) is 6.80. The number of aromatic hydroxyl groups is 1. The van der Waals surface area contributed by atoms with Crippen molar-refractivity contribution in [2.75, 3.05) is 10.6 Å². The van der Waals surface area contributed by atoms with Crippen LogP contribution >= 0.6 is 0 Å². The standard InChI is InChI=1S/C17H13N3O4/c18-9-12(16(22)20-14-5-2-6-15(21)8-14)10-19-13-4-1-3-11(7-13)17(23)24/h1-8,10,19,21H,(H,20,22)(H,23,24)/b12-10-. The lowest BCUT2D eigenvalue weighted by molar-refractivity contribution is -0.112. The van der Waals surface area contributed by atoms with Crippen molar-refractivity contribution in [2.24, 2.45) is 0 Å². The first-order valence-electron chi connectivity index (χ1n) is 6.80. The average Bonchev–Trinajstić information content (AvgIpc) is 2.55. The van der Waals surface area contributed by atoms with Crippen LogP contribution in [0, 0.1) is 11.3 Å². The molecule has 0 aliphatic rings. The fourth-order valence-electron chi connectivity index (χ4n) is 1.83. The van der Waals surface area contributed by atoms with Crippen molar-refractivity contribution in [3.63, 3.8) is 0 Å². The van der Waals surface area contributed by atoms with Gasteiger partial charge in [0.25, 0.3) is 5.91 Å². The largest absolute Gasteiger partial charge is 0.508 e. The Balaban J connectivity index is 2.11. The third-order valence-corrected chi connectivity index (χ3v) is 2.96. The van der Waals surface area contributed by atoms with Gasteiger partial charge in [-0.05, 0) is 30.3 Å². The molecule has 0 bridgehead atoms. The molecular weight excluding hydrogens is 310 g/mol. The molecule has 0 aliphatic carbocycles. The summed E-state index contributed by atoms with van der Waals surface area (Å²) in [6, 6.07) is 13.6. The molecule has 0 spiro atoms. The minimum absolute atomic E-state index is 0.0149. The fourth-order valence-corrected chi connectivity index (χ4v) is 1.83. The molecule has 4 N–H and O–H groups in total. The number of phenols is 1. The molecule has 0 saturated carbocycles. The summed E-state index contributed by atoms with van der Waals surface area (Å²) in [5, 5.41) is 32.6. The van der Waals surface area contributed by atoms with E-state index in [1.165, 1.54) is 30.5 Å². The first-order chi connectivity index (χ1) is 11.5. The van der Waals surface area contributed by atoms with Crippen molar-refractivity contribution in [2.45, 2.75) is 0 Å². The number of carboxylic acid groups (broad SMARTS) is 1. The van der Waals surface area contributed by atoms with E-state index in [-0.39, 0.29) is 16.9 Å². The molecule has 0 unspecified atom stereocenters. The molecule has 2 aromatic rings. The maximum atomic E-state index is 12.0. The van der Waals surface area contributed by atoms with Crippen LogP contribution in [0.1, 0.15) is 10.4 Å². The molecule has 0 aliphatic heterocycles. The van der Waals surface area contributed by atoms with Crippen molar-refractivity contribution in [1.82, 2.24) is 0 Å². The number of nitrogens with zero attached hydrogens (tertiary/aromatic N) is 1. The van der Waals surface area contributed by atoms with Crippen LogP contribution < -0.4 is 10.6 Å². The van der Waals surface area contributed by atoms with Crippen molar-refractivity contribution < 1.29 is 19.8 Å². The van der Waals surface area contributed by atoms with Gasteiger partial charge in [-0.2, -0.15) is 5.26 Å². The SMILES string of the molecule is N#C/C(=C/Nc1cccc(C(=O)O)c1)C(=O)Nc1cccc(O)c1. The second kappa shape index (κ2) is 7.47. The summed E-state index contributed by atoms with van der Waals surface area (Å²) >= 11 is 0. The van der Waals surface area contributed by atoms with Crippen molar-refractivity contribution in [3.05, 3.63) is 65.9 Å². The van der Waals surface area contributed by atoms with Gasteiger partial charge in [0.1, 0.15) is 17.4 Å². The van der Waals surface area contributed by atoms with Crippen LogP contribution in [0.5, 0.6) is 5.75 Å². The summed E-state index contributed by atoms with van der Waals surface area (Å²) in [4.78, 5) is 22.9. The number of amides is 1. The van der Waals surface area contributed by atoms with Crippen LogP contribution in [0.3, 0.4) is 0 Å². The van der Waals surface area contributed by atoms with Crippen LogP contribution in [-0.2, 0) is 4.79 Å². The molecule has 0 atom stereocenters. The van der Waals surface area contributed by atoms with Crippen molar-refractivity contribution >= 4 is 23.3 Å². The number of nitriles is 1. The monoisotopic (exact) mass is 323 g/mol. The summed E-state index contributed by atoms with van der Waals surface area (Å²) in [7, 11) is 0. The molecule has 0 saturated heterocycles. The molecule has 2 rings (SSSR count). The van der Waals surface area contributed by atoms with Gasteiger partial charge in [-0.3, -0.25) is 4.79 Å². The number of phenolic OH excluding ortho intramolecular Hbond substituents is 1. The highest BCUT2D eigenvalue weighted by atomic mass is 16.4. The van der Waals surface area contributed by atoms with E-state index in [0.29, 0.717) is 11.4 Å². The smallest absolute Gasteiger partial charge is 0.335 e.